The van der Waals surface area contributed by atoms with Crippen molar-refractivity contribution in [3.8, 4) is 17.2 Å². The number of rotatable bonds is 5. The van der Waals surface area contributed by atoms with Gasteiger partial charge in [-0.05, 0) is 79.0 Å². The van der Waals surface area contributed by atoms with E-state index in [2.05, 4.69) is 27.1 Å². The summed E-state index contributed by atoms with van der Waals surface area (Å²) in [4.78, 5) is 21.9. The predicted octanol–water partition coefficient (Wildman–Crippen LogP) is 4.72. The van der Waals surface area contributed by atoms with Gasteiger partial charge in [-0.15, -0.1) is 0 Å². The normalized spacial score (nSPS) is 22.2. The fourth-order valence-corrected chi connectivity index (χ4v) is 5.94. The lowest BCUT2D eigenvalue weighted by Crippen LogP contribution is -2.61. The molecule has 0 bridgehead atoms. The molecule has 0 amide bonds. The summed E-state index contributed by atoms with van der Waals surface area (Å²) in [5.74, 6) is 0.427. The average Bonchev–Trinajstić information content (AvgIpc) is 3.63. The van der Waals surface area contributed by atoms with Gasteiger partial charge in [0.2, 0.25) is 0 Å². The minimum atomic E-state index is -0.727. The lowest BCUT2D eigenvalue weighted by atomic mass is 9.80. The van der Waals surface area contributed by atoms with Gasteiger partial charge in [0.1, 0.15) is 11.7 Å². The highest BCUT2D eigenvalue weighted by Gasteiger charge is 2.51. The molecule has 3 aliphatic heterocycles. The number of amidine groups is 1. The number of hydrogen-bond acceptors (Lipinski definition) is 6. The first-order valence-electron chi connectivity index (χ1n) is 13.1. The molecule has 2 aromatic rings. The quantitative estimate of drug-likeness (QED) is 0.637. The Bertz CT molecular complexity index is 1300. The highest BCUT2D eigenvalue weighted by atomic mass is 19.1. The van der Waals surface area contributed by atoms with E-state index in [-0.39, 0.29) is 11.4 Å². The molecule has 0 radical (unpaired) electrons. The van der Waals surface area contributed by atoms with Crippen molar-refractivity contribution < 1.29 is 19.1 Å². The first kappa shape index (κ1) is 23.9. The number of oxime groups is 1. The van der Waals surface area contributed by atoms with Crippen LogP contribution in [0.3, 0.4) is 0 Å². The van der Waals surface area contributed by atoms with Gasteiger partial charge in [-0.3, -0.25) is 9.69 Å². The molecule has 1 N–H and O–H groups in total. The monoisotopic (exact) mass is 502 g/mol. The number of hydrogen-bond donors (Lipinski definition) is 1. The molecule has 3 heterocycles. The largest absolute Gasteiger partial charge is 0.481 e. The van der Waals surface area contributed by atoms with Gasteiger partial charge in [-0.1, -0.05) is 23.4 Å². The number of carboxylic acids is 1. The summed E-state index contributed by atoms with van der Waals surface area (Å²) >= 11 is 0. The first-order valence-corrected chi connectivity index (χ1v) is 13.1. The summed E-state index contributed by atoms with van der Waals surface area (Å²) in [6.07, 6.45) is 4.23. The fourth-order valence-electron chi connectivity index (χ4n) is 5.94. The lowest BCUT2D eigenvalue weighted by Gasteiger charge is -2.46. The number of carboxylic acid groups (broad SMARTS) is 1. The van der Waals surface area contributed by atoms with E-state index < -0.39 is 11.4 Å². The lowest BCUT2D eigenvalue weighted by molar-refractivity contribution is -0.150. The van der Waals surface area contributed by atoms with Gasteiger partial charge in [0.05, 0.1) is 23.5 Å². The summed E-state index contributed by atoms with van der Waals surface area (Å²) in [6, 6.07) is 13.1. The van der Waals surface area contributed by atoms with Gasteiger partial charge in [0.25, 0.3) is 0 Å². The number of nitrogens with zero attached hydrogens (tertiary/aromatic N) is 4. The Morgan fingerprint density at radius 2 is 1.92 bits per heavy atom. The molecular formula is C29H31FN4O3. The summed E-state index contributed by atoms with van der Waals surface area (Å²) in [5, 5.41) is 23.8. The molecule has 6 rings (SSSR count). The number of nitriles is 1. The summed E-state index contributed by atoms with van der Waals surface area (Å²) in [7, 11) is 0. The number of likely N-dealkylation sites (tertiary alicyclic amines) is 2. The van der Waals surface area contributed by atoms with Crippen LogP contribution < -0.4 is 0 Å². The van der Waals surface area contributed by atoms with Crippen LogP contribution in [0.4, 0.5) is 4.39 Å². The molecule has 8 heteroatoms. The van der Waals surface area contributed by atoms with Crippen molar-refractivity contribution in [2.45, 2.75) is 57.1 Å². The van der Waals surface area contributed by atoms with E-state index in [0.29, 0.717) is 44.0 Å². The highest BCUT2D eigenvalue weighted by molar-refractivity contribution is 5.85. The smallest absolute Gasteiger partial charge is 0.309 e. The molecule has 3 fully saturated rings. The van der Waals surface area contributed by atoms with Crippen molar-refractivity contribution in [3.63, 3.8) is 0 Å². The minimum absolute atomic E-state index is 0.263. The maximum atomic E-state index is 13.5. The Kier molecular flexibility index (Phi) is 5.72. The summed E-state index contributed by atoms with van der Waals surface area (Å²) in [6.45, 7) is 5.34. The van der Waals surface area contributed by atoms with Crippen LogP contribution in [0, 0.1) is 22.6 Å². The van der Waals surface area contributed by atoms with Crippen molar-refractivity contribution in [1.82, 2.24) is 9.80 Å². The second kappa shape index (κ2) is 8.84. The van der Waals surface area contributed by atoms with E-state index in [9.17, 15) is 19.6 Å². The van der Waals surface area contributed by atoms with Crippen LogP contribution in [0.1, 0.15) is 61.6 Å². The van der Waals surface area contributed by atoms with Crippen LogP contribution in [0.15, 0.2) is 41.6 Å². The maximum absolute atomic E-state index is 13.5. The van der Waals surface area contributed by atoms with Crippen molar-refractivity contribution in [1.29, 1.82) is 5.26 Å². The van der Waals surface area contributed by atoms with E-state index in [1.165, 1.54) is 17.7 Å². The summed E-state index contributed by atoms with van der Waals surface area (Å²) < 4.78 is 13.5. The molecular weight excluding hydrogens is 471 g/mol. The standard InChI is InChI=1S/C29H31FN4O3/c1-28(27(35)36)8-10-34(11-9-28)26-14-29(37-32-26)17-33(18-29)16-22-13-25(19-2-3-19)24(12-21(22)15-31)20-4-6-23(30)7-5-20/h4-7,12-13,19H,2-3,8-11,14,16-18H2,1H3,(H,35,36). The summed E-state index contributed by atoms with van der Waals surface area (Å²) in [5.41, 5.74) is 3.91. The van der Waals surface area contributed by atoms with E-state index in [4.69, 9.17) is 4.84 Å². The highest BCUT2D eigenvalue weighted by Crippen LogP contribution is 2.46. The molecule has 0 aromatic heterocycles. The number of aliphatic carboxylic acids is 1. The van der Waals surface area contributed by atoms with Crippen molar-refractivity contribution in [3.05, 3.63) is 58.9 Å². The van der Waals surface area contributed by atoms with Gasteiger partial charge in [0, 0.05) is 32.7 Å². The average molecular weight is 503 g/mol. The van der Waals surface area contributed by atoms with Gasteiger partial charge < -0.3 is 14.8 Å². The SMILES string of the molecule is CC1(C(=O)O)CCN(C2=NOC3(C2)CN(Cc2cc(C4CC4)c(-c4ccc(F)cc4)cc2C#N)C3)CC1. The topological polar surface area (TPSA) is 89.2 Å². The molecule has 37 heavy (non-hydrogen) atoms. The molecule has 0 atom stereocenters. The molecule has 1 aliphatic carbocycles. The molecule has 1 saturated carbocycles. The van der Waals surface area contributed by atoms with Crippen LogP contribution in [-0.2, 0) is 16.2 Å². The Morgan fingerprint density at radius 3 is 2.54 bits per heavy atom. The molecule has 2 aromatic carbocycles. The third kappa shape index (κ3) is 4.46. The molecule has 4 aliphatic rings. The van der Waals surface area contributed by atoms with Crippen molar-refractivity contribution >= 4 is 11.8 Å². The van der Waals surface area contributed by atoms with Crippen LogP contribution in [0.2, 0.25) is 0 Å². The van der Waals surface area contributed by atoms with Crippen molar-refractivity contribution in [2.75, 3.05) is 26.2 Å². The number of benzene rings is 2. The van der Waals surface area contributed by atoms with E-state index >= 15 is 0 Å². The molecule has 1 spiro atoms. The molecule has 192 valence electrons. The van der Waals surface area contributed by atoms with E-state index in [1.807, 2.05) is 13.0 Å². The second-order valence-corrected chi connectivity index (χ2v) is 11.4. The van der Waals surface area contributed by atoms with E-state index in [1.54, 1.807) is 12.1 Å². The van der Waals surface area contributed by atoms with Crippen LogP contribution >= 0.6 is 0 Å². The zero-order valence-corrected chi connectivity index (χ0v) is 21.0. The second-order valence-electron chi connectivity index (χ2n) is 11.4. The number of halogens is 1. The van der Waals surface area contributed by atoms with Crippen molar-refractivity contribution in [2.24, 2.45) is 10.6 Å². The maximum Gasteiger partial charge on any atom is 0.309 e. The van der Waals surface area contributed by atoms with Gasteiger partial charge in [0.15, 0.2) is 5.60 Å². The predicted molar refractivity (Wildman–Crippen MR) is 136 cm³/mol. The Morgan fingerprint density at radius 1 is 1.22 bits per heavy atom. The fraction of sp³-hybridized carbons (Fsp3) is 0.483. The molecule has 2 saturated heterocycles. The van der Waals surface area contributed by atoms with Gasteiger partial charge in [-0.2, -0.15) is 5.26 Å². The Balaban J connectivity index is 1.11. The van der Waals surface area contributed by atoms with E-state index in [0.717, 1.165) is 54.9 Å². The van der Waals surface area contributed by atoms with Gasteiger partial charge >= 0.3 is 5.97 Å². The van der Waals surface area contributed by atoms with Crippen LogP contribution in [0.5, 0.6) is 0 Å². The molecule has 0 unspecified atom stereocenters. The van der Waals surface area contributed by atoms with Crippen LogP contribution in [0.25, 0.3) is 11.1 Å². The third-order valence-corrected chi connectivity index (χ3v) is 8.56. The minimum Gasteiger partial charge on any atom is -0.481 e. The number of carbonyl (C=O) groups is 1. The molecule has 7 nitrogen and oxygen atoms in total. The first-order chi connectivity index (χ1) is 17.8. The van der Waals surface area contributed by atoms with Gasteiger partial charge in [-0.25, -0.2) is 4.39 Å². The zero-order valence-electron chi connectivity index (χ0n) is 21.0. The third-order valence-electron chi connectivity index (χ3n) is 8.56. The zero-order chi connectivity index (χ0) is 25.8. The Hall–Kier alpha value is -3.44. The van der Waals surface area contributed by atoms with Crippen LogP contribution in [-0.4, -0.2) is 58.5 Å². The Labute approximate surface area is 216 Å². The number of piperidine rings is 1.